The molecule has 0 bridgehead atoms. The van der Waals surface area contributed by atoms with Crippen molar-refractivity contribution < 1.29 is 9.47 Å². The van der Waals surface area contributed by atoms with Gasteiger partial charge in [0.05, 0.1) is 24.2 Å². The Morgan fingerprint density at radius 1 is 1.08 bits per heavy atom. The lowest BCUT2D eigenvalue weighted by Gasteiger charge is -2.26. The number of morpholine rings is 1. The highest BCUT2D eigenvalue weighted by atomic mass is 16.5. The third-order valence-electron chi connectivity index (χ3n) is 4.47. The van der Waals surface area contributed by atoms with E-state index >= 15 is 0 Å². The highest BCUT2D eigenvalue weighted by Crippen LogP contribution is 2.23. The Kier molecular flexibility index (Phi) is 4.54. The minimum atomic E-state index is 0.668. The summed E-state index contributed by atoms with van der Waals surface area (Å²) in [6.07, 6.45) is 1.83. The maximum absolute atomic E-state index is 5.95. The molecular formula is C19H22N4O2. The number of nitrogens with zero attached hydrogens (tertiary/aromatic N) is 3. The van der Waals surface area contributed by atoms with Gasteiger partial charge in [-0.25, -0.2) is 4.98 Å². The fourth-order valence-corrected chi connectivity index (χ4v) is 3.04. The number of ether oxygens (including phenoxy) is 2. The van der Waals surface area contributed by atoms with Crippen LogP contribution in [0.15, 0.2) is 48.8 Å². The second-order valence-electron chi connectivity index (χ2n) is 6.16. The van der Waals surface area contributed by atoms with Crippen molar-refractivity contribution >= 4 is 16.7 Å². The molecule has 2 heterocycles. The third-order valence-corrected chi connectivity index (χ3v) is 4.47. The number of hydrogen-bond acceptors (Lipinski definition) is 5. The average molecular weight is 338 g/mol. The zero-order valence-electron chi connectivity index (χ0n) is 14.1. The van der Waals surface area contributed by atoms with Crippen molar-refractivity contribution in [3.63, 3.8) is 0 Å². The number of nitrogens with two attached hydrogens (primary N) is 1. The maximum atomic E-state index is 5.95. The fourth-order valence-electron chi connectivity index (χ4n) is 3.04. The predicted octanol–water partition coefficient (Wildman–Crippen LogP) is 2.32. The Balaban J connectivity index is 1.49. The van der Waals surface area contributed by atoms with Crippen molar-refractivity contribution in [2.24, 2.45) is 0 Å². The van der Waals surface area contributed by atoms with E-state index in [4.69, 9.17) is 15.2 Å². The molecule has 0 saturated carbocycles. The lowest BCUT2D eigenvalue weighted by Crippen LogP contribution is -2.38. The molecule has 6 heteroatoms. The Morgan fingerprint density at radius 2 is 1.88 bits per heavy atom. The summed E-state index contributed by atoms with van der Waals surface area (Å²) in [4.78, 5) is 6.83. The molecule has 1 aliphatic rings. The zero-order chi connectivity index (χ0) is 17.1. The van der Waals surface area contributed by atoms with Gasteiger partial charge in [-0.15, -0.1) is 0 Å². The van der Waals surface area contributed by atoms with Crippen LogP contribution >= 0.6 is 0 Å². The number of benzene rings is 2. The van der Waals surface area contributed by atoms with Gasteiger partial charge in [0.1, 0.15) is 18.7 Å². The molecule has 4 rings (SSSR count). The standard InChI is InChI=1S/C19H22N4O2/c20-15-1-3-16(4-2-15)23-14-21-18-6-5-17(13-19(18)23)25-12-9-22-7-10-24-11-8-22/h1-6,13-14H,7-12,20H2. The molecule has 1 aliphatic heterocycles. The topological polar surface area (TPSA) is 65.5 Å². The van der Waals surface area contributed by atoms with Crippen molar-refractivity contribution in [2.45, 2.75) is 0 Å². The highest BCUT2D eigenvalue weighted by molar-refractivity contribution is 5.79. The van der Waals surface area contributed by atoms with Crippen molar-refractivity contribution in [3.05, 3.63) is 48.8 Å². The molecule has 3 aromatic rings. The van der Waals surface area contributed by atoms with Crippen LogP contribution in [-0.2, 0) is 4.74 Å². The van der Waals surface area contributed by atoms with Crippen LogP contribution in [0.3, 0.4) is 0 Å². The first-order valence-corrected chi connectivity index (χ1v) is 8.55. The highest BCUT2D eigenvalue weighted by Gasteiger charge is 2.10. The van der Waals surface area contributed by atoms with E-state index in [1.54, 1.807) is 0 Å². The molecule has 2 aromatic carbocycles. The van der Waals surface area contributed by atoms with Gasteiger partial charge in [-0.3, -0.25) is 9.47 Å². The number of aromatic nitrogens is 2. The monoisotopic (exact) mass is 338 g/mol. The van der Waals surface area contributed by atoms with Crippen LogP contribution in [-0.4, -0.2) is 53.9 Å². The van der Waals surface area contributed by atoms with Crippen LogP contribution in [0.2, 0.25) is 0 Å². The van der Waals surface area contributed by atoms with Crippen LogP contribution in [0.5, 0.6) is 5.75 Å². The van der Waals surface area contributed by atoms with Gasteiger partial charge in [0.15, 0.2) is 0 Å². The smallest absolute Gasteiger partial charge is 0.121 e. The van der Waals surface area contributed by atoms with Crippen LogP contribution in [0.25, 0.3) is 16.7 Å². The molecule has 1 fully saturated rings. The minimum Gasteiger partial charge on any atom is -0.492 e. The van der Waals surface area contributed by atoms with Gasteiger partial charge in [-0.05, 0) is 36.4 Å². The SMILES string of the molecule is Nc1ccc(-n2cnc3ccc(OCCN4CCOCC4)cc32)cc1. The van der Waals surface area contributed by atoms with Crippen LogP contribution in [0, 0.1) is 0 Å². The largest absolute Gasteiger partial charge is 0.492 e. The minimum absolute atomic E-state index is 0.668. The Bertz CT molecular complexity index is 838. The summed E-state index contributed by atoms with van der Waals surface area (Å²) >= 11 is 0. The molecule has 0 unspecified atom stereocenters. The predicted molar refractivity (Wildman–Crippen MR) is 98.2 cm³/mol. The van der Waals surface area contributed by atoms with Gasteiger partial charge in [-0.1, -0.05) is 0 Å². The summed E-state index contributed by atoms with van der Waals surface area (Å²) in [5.74, 6) is 0.859. The second kappa shape index (κ2) is 7.13. The molecule has 6 nitrogen and oxygen atoms in total. The quantitative estimate of drug-likeness (QED) is 0.723. The first kappa shape index (κ1) is 15.9. The lowest BCUT2D eigenvalue weighted by atomic mass is 10.2. The summed E-state index contributed by atoms with van der Waals surface area (Å²) in [6, 6.07) is 13.8. The number of rotatable bonds is 5. The van der Waals surface area contributed by atoms with E-state index < -0.39 is 0 Å². The first-order valence-electron chi connectivity index (χ1n) is 8.55. The number of nitrogen functional groups attached to an aromatic ring is 1. The Morgan fingerprint density at radius 3 is 2.68 bits per heavy atom. The molecule has 130 valence electrons. The molecule has 2 N–H and O–H groups in total. The van der Waals surface area contributed by atoms with Gasteiger partial charge >= 0.3 is 0 Å². The summed E-state index contributed by atoms with van der Waals surface area (Å²) in [5, 5.41) is 0. The molecule has 0 atom stereocenters. The average Bonchev–Trinajstić information content (AvgIpc) is 3.07. The van der Waals surface area contributed by atoms with Gasteiger partial charge in [0, 0.05) is 37.1 Å². The number of fused-ring (bicyclic) bond motifs is 1. The summed E-state index contributed by atoms with van der Waals surface area (Å²) in [7, 11) is 0. The summed E-state index contributed by atoms with van der Waals surface area (Å²) < 4.78 is 13.4. The van der Waals surface area contributed by atoms with Crippen molar-refractivity contribution in [1.29, 1.82) is 0 Å². The van der Waals surface area contributed by atoms with Crippen LogP contribution in [0.1, 0.15) is 0 Å². The van der Waals surface area contributed by atoms with E-state index in [0.29, 0.717) is 6.61 Å². The van der Waals surface area contributed by atoms with Gasteiger partial charge in [0.25, 0.3) is 0 Å². The molecule has 1 saturated heterocycles. The fraction of sp³-hybridized carbons (Fsp3) is 0.316. The number of anilines is 1. The summed E-state index contributed by atoms with van der Waals surface area (Å²) in [6.45, 7) is 5.16. The molecule has 0 spiro atoms. The van der Waals surface area contributed by atoms with Crippen LogP contribution < -0.4 is 10.5 Å². The van der Waals surface area contributed by atoms with E-state index in [9.17, 15) is 0 Å². The zero-order valence-corrected chi connectivity index (χ0v) is 14.1. The molecule has 25 heavy (non-hydrogen) atoms. The van der Waals surface area contributed by atoms with Gasteiger partial charge < -0.3 is 15.2 Å². The number of hydrogen-bond donors (Lipinski definition) is 1. The van der Waals surface area contributed by atoms with Gasteiger partial charge in [0.2, 0.25) is 0 Å². The van der Waals surface area contributed by atoms with Crippen LogP contribution in [0.4, 0.5) is 5.69 Å². The molecule has 0 aliphatic carbocycles. The molecule has 0 radical (unpaired) electrons. The number of imidazole rings is 1. The van der Waals surface area contributed by atoms with Crippen molar-refractivity contribution in [1.82, 2.24) is 14.5 Å². The molecular weight excluding hydrogens is 316 g/mol. The van der Waals surface area contributed by atoms with E-state index in [1.807, 2.05) is 53.4 Å². The second-order valence-corrected chi connectivity index (χ2v) is 6.16. The first-order chi connectivity index (χ1) is 12.3. The summed E-state index contributed by atoms with van der Waals surface area (Å²) in [5.41, 5.74) is 9.52. The lowest BCUT2D eigenvalue weighted by molar-refractivity contribution is 0.0322. The van der Waals surface area contributed by atoms with Crippen molar-refractivity contribution in [3.8, 4) is 11.4 Å². The Hall–Kier alpha value is -2.57. The maximum Gasteiger partial charge on any atom is 0.121 e. The molecule has 1 aromatic heterocycles. The Labute approximate surface area is 146 Å². The molecule has 0 amide bonds. The van der Waals surface area contributed by atoms with E-state index in [-0.39, 0.29) is 0 Å². The van der Waals surface area contributed by atoms with E-state index in [1.165, 1.54) is 0 Å². The normalized spacial score (nSPS) is 15.5. The third kappa shape index (κ3) is 3.60. The van der Waals surface area contributed by atoms with E-state index in [2.05, 4.69) is 9.88 Å². The van der Waals surface area contributed by atoms with Crippen molar-refractivity contribution in [2.75, 3.05) is 45.2 Å². The van der Waals surface area contributed by atoms with E-state index in [0.717, 1.165) is 61.0 Å². The van der Waals surface area contributed by atoms with Gasteiger partial charge in [-0.2, -0.15) is 0 Å².